The minimum absolute atomic E-state index is 0.0447. The van der Waals surface area contributed by atoms with Crippen molar-refractivity contribution in [3.05, 3.63) is 30.1 Å². The molecule has 3 rings (SSSR count). The Morgan fingerprint density at radius 3 is 2.92 bits per heavy atom. The number of carbonyl (C=O) groups excluding carboxylic acids is 1. The van der Waals surface area contributed by atoms with Crippen LogP contribution in [0.5, 0.6) is 0 Å². The van der Waals surface area contributed by atoms with Gasteiger partial charge in [-0.05, 0) is 43.7 Å². The molecule has 2 unspecified atom stereocenters. The lowest BCUT2D eigenvalue weighted by atomic mass is 10.0. The minimum Gasteiger partial charge on any atom is -0.346 e. The predicted molar refractivity (Wildman–Crippen MR) is 113 cm³/mol. The lowest BCUT2D eigenvalue weighted by molar-refractivity contribution is -0.122. The van der Waals surface area contributed by atoms with Gasteiger partial charge in [0, 0.05) is 17.4 Å². The molecule has 0 saturated carbocycles. The smallest absolute Gasteiger partial charge is 0.220 e. The third-order valence-corrected chi connectivity index (χ3v) is 7.69. The van der Waals surface area contributed by atoms with Crippen molar-refractivity contribution >= 4 is 38.5 Å². The zero-order valence-electron chi connectivity index (χ0n) is 15.7. The molecule has 1 aromatic heterocycles. The highest BCUT2D eigenvalue weighted by Gasteiger charge is 2.20. The molecule has 1 saturated heterocycles. The van der Waals surface area contributed by atoms with Crippen molar-refractivity contribution in [1.82, 2.24) is 15.3 Å². The largest absolute Gasteiger partial charge is 0.346 e. The molecule has 4 nitrogen and oxygen atoms in total. The topological polar surface area (TPSA) is 57.8 Å². The first-order valence-corrected chi connectivity index (χ1v) is 12.0. The highest BCUT2D eigenvalue weighted by Crippen LogP contribution is 2.39. The van der Waals surface area contributed by atoms with Gasteiger partial charge in [0.1, 0.15) is 5.82 Å². The van der Waals surface area contributed by atoms with E-state index in [9.17, 15) is 4.79 Å². The molecule has 0 bridgehead atoms. The number of imidazole rings is 1. The summed E-state index contributed by atoms with van der Waals surface area (Å²) >= 11 is 0. The summed E-state index contributed by atoms with van der Waals surface area (Å²) in [6, 6.07) is 7.98. The van der Waals surface area contributed by atoms with Crippen molar-refractivity contribution in [3.63, 3.8) is 0 Å². The average molecular weight is 392 g/mol. The molecule has 0 radical (unpaired) electrons. The normalized spacial score (nSPS) is 18.5. The highest BCUT2D eigenvalue weighted by atomic mass is 33.1. The first-order chi connectivity index (χ1) is 12.6. The summed E-state index contributed by atoms with van der Waals surface area (Å²) in [5, 5.41) is 4.01. The third-order valence-electron chi connectivity index (χ3n) is 4.69. The maximum atomic E-state index is 12.5. The fourth-order valence-corrected chi connectivity index (χ4v) is 6.36. The van der Waals surface area contributed by atoms with Gasteiger partial charge in [0.15, 0.2) is 0 Å². The first kappa shape index (κ1) is 19.6. The zero-order chi connectivity index (χ0) is 18.4. The lowest BCUT2D eigenvalue weighted by Crippen LogP contribution is -2.30. The average Bonchev–Trinajstić information content (AvgIpc) is 3.27. The van der Waals surface area contributed by atoms with E-state index < -0.39 is 0 Å². The second-order valence-electron chi connectivity index (χ2n) is 7.46. The molecule has 26 heavy (non-hydrogen) atoms. The minimum atomic E-state index is -0.0447. The molecule has 1 aromatic carbocycles. The van der Waals surface area contributed by atoms with Crippen LogP contribution in [0.2, 0.25) is 0 Å². The first-order valence-electron chi connectivity index (χ1n) is 9.64. The van der Waals surface area contributed by atoms with Gasteiger partial charge in [-0.2, -0.15) is 0 Å². The monoisotopic (exact) mass is 391 g/mol. The van der Waals surface area contributed by atoms with Gasteiger partial charge in [-0.25, -0.2) is 4.98 Å². The van der Waals surface area contributed by atoms with E-state index in [-0.39, 0.29) is 11.9 Å². The Morgan fingerprint density at radius 1 is 1.35 bits per heavy atom. The molecule has 0 spiro atoms. The molecule has 0 aliphatic carbocycles. The number of hydrogen-bond acceptors (Lipinski definition) is 4. The van der Waals surface area contributed by atoms with E-state index in [1.165, 1.54) is 18.6 Å². The maximum absolute atomic E-state index is 12.5. The molecular weight excluding hydrogens is 362 g/mol. The van der Waals surface area contributed by atoms with E-state index in [1.54, 1.807) is 0 Å². The Kier molecular flexibility index (Phi) is 7.32. The fraction of sp³-hybridized carbons (Fsp3) is 0.600. The van der Waals surface area contributed by atoms with E-state index in [2.05, 4.69) is 24.1 Å². The van der Waals surface area contributed by atoms with Crippen LogP contribution in [0.15, 0.2) is 24.3 Å². The lowest BCUT2D eigenvalue weighted by Gasteiger charge is -2.19. The Balaban J connectivity index is 1.52. The summed E-state index contributed by atoms with van der Waals surface area (Å²) in [4.78, 5) is 20.5. The van der Waals surface area contributed by atoms with E-state index in [4.69, 9.17) is 4.98 Å². The second-order valence-corrected chi connectivity index (χ2v) is 10.3. The number of fused-ring (bicyclic) bond motifs is 1. The number of benzene rings is 1. The predicted octanol–water partition coefficient (Wildman–Crippen LogP) is 5.48. The van der Waals surface area contributed by atoms with Crippen LogP contribution in [0.25, 0.3) is 11.0 Å². The summed E-state index contributed by atoms with van der Waals surface area (Å²) in [5.41, 5.74) is 1.98. The van der Waals surface area contributed by atoms with E-state index in [1.807, 2.05) is 45.9 Å². The second kappa shape index (κ2) is 9.70. The van der Waals surface area contributed by atoms with Gasteiger partial charge in [-0.1, -0.05) is 54.0 Å². The quantitative estimate of drug-likeness (QED) is 0.439. The molecule has 1 fully saturated rings. The Bertz CT molecular complexity index is 677. The number of para-hydroxylation sites is 2. The third kappa shape index (κ3) is 5.68. The molecule has 2 N–H and O–H groups in total. The standard InChI is InChI=1S/C20H29N3OS2/c1-14(2)13-18(20-22-16-8-4-5-9-17(16)23-20)21-19(24)10-6-3-7-15-11-12-25-26-15/h4-5,8-9,14-15,18H,3,6-7,10-13H2,1-2H3,(H,21,24)(H,22,23). The van der Waals surface area contributed by atoms with Gasteiger partial charge in [-0.3, -0.25) is 4.79 Å². The summed E-state index contributed by atoms with van der Waals surface area (Å²) < 4.78 is 0. The molecule has 2 atom stereocenters. The number of carbonyl (C=O) groups is 1. The summed E-state index contributed by atoms with van der Waals surface area (Å²) in [6.07, 6.45) is 6.18. The Labute approximate surface area is 164 Å². The number of rotatable bonds is 9. The van der Waals surface area contributed by atoms with Crippen molar-refractivity contribution in [2.24, 2.45) is 5.92 Å². The van der Waals surface area contributed by atoms with Gasteiger partial charge in [0.2, 0.25) is 5.91 Å². The molecular formula is C20H29N3OS2. The van der Waals surface area contributed by atoms with Crippen LogP contribution in [0.3, 0.4) is 0 Å². The van der Waals surface area contributed by atoms with Gasteiger partial charge in [0.25, 0.3) is 0 Å². The number of aromatic amines is 1. The van der Waals surface area contributed by atoms with Crippen molar-refractivity contribution in [2.75, 3.05) is 5.75 Å². The fourth-order valence-electron chi connectivity index (χ4n) is 3.34. The van der Waals surface area contributed by atoms with Crippen LogP contribution in [-0.2, 0) is 4.79 Å². The van der Waals surface area contributed by atoms with E-state index in [0.717, 1.165) is 41.4 Å². The number of amides is 1. The van der Waals surface area contributed by atoms with Crippen LogP contribution in [0.4, 0.5) is 0 Å². The SMILES string of the molecule is CC(C)CC(NC(=O)CCCCC1CCSS1)c1nc2ccccc2[nH]1. The number of unbranched alkanes of at least 4 members (excludes halogenated alkanes) is 1. The van der Waals surface area contributed by atoms with Crippen molar-refractivity contribution < 1.29 is 4.79 Å². The molecule has 142 valence electrons. The van der Waals surface area contributed by atoms with Crippen LogP contribution < -0.4 is 5.32 Å². The van der Waals surface area contributed by atoms with E-state index >= 15 is 0 Å². The summed E-state index contributed by atoms with van der Waals surface area (Å²) in [5.74, 6) is 2.78. The van der Waals surface area contributed by atoms with Gasteiger partial charge in [0.05, 0.1) is 17.1 Å². The molecule has 2 aromatic rings. The van der Waals surface area contributed by atoms with Crippen molar-refractivity contribution in [1.29, 1.82) is 0 Å². The molecule has 1 aliphatic rings. The number of H-pyrrole nitrogens is 1. The van der Waals surface area contributed by atoms with Gasteiger partial charge >= 0.3 is 0 Å². The van der Waals surface area contributed by atoms with E-state index in [0.29, 0.717) is 12.3 Å². The zero-order valence-corrected chi connectivity index (χ0v) is 17.3. The van der Waals surface area contributed by atoms with Crippen molar-refractivity contribution in [2.45, 2.75) is 63.7 Å². The number of nitrogens with one attached hydrogen (secondary N) is 2. The number of aromatic nitrogens is 2. The van der Waals surface area contributed by atoms with Crippen LogP contribution in [0.1, 0.15) is 64.2 Å². The molecule has 1 amide bonds. The highest BCUT2D eigenvalue weighted by molar-refractivity contribution is 8.77. The molecule has 2 heterocycles. The van der Waals surface area contributed by atoms with Crippen LogP contribution in [0, 0.1) is 5.92 Å². The summed E-state index contributed by atoms with van der Waals surface area (Å²) in [7, 11) is 4.01. The van der Waals surface area contributed by atoms with Crippen LogP contribution in [-0.4, -0.2) is 26.9 Å². The Hall–Kier alpha value is -1.14. The van der Waals surface area contributed by atoms with Crippen LogP contribution >= 0.6 is 21.6 Å². The van der Waals surface area contributed by atoms with Gasteiger partial charge in [-0.15, -0.1) is 0 Å². The van der Waals surface area contributed by atoms with Crippen molar-refractivity contribution in [3.8, 4) is 0 Å². The van der Waals surface area contributed by atoms with Gasteiger partial charge < -0.3 is 10.3 Å². The summed E-state index contributed by atoms with van der Waals surface area (Å²) in [6.45, 7) is 4.36. The maximum Gasteiger partial charge on any atom is 0.220 e. The number of nitrogens with zero attached hydrogens (tertiary/aromatic N) is 1. The molecule has 1 aliphatic heterocycles. The molecule has 6 heteroatoms. The number of hydrogen-bond donors (Lipinski definition) is 2. The Morgan fingerprint density at radius 2 is 2.19 bits per heavy atom.